The molecule has 6 heteroatoms. The maximum absolute atomic E-state index is 12.8. The quantitative estimate of drug-likeness (QED) is 0.365. The fraction of sp³-hybridized carbons (Fsp3) is 0.375. The van der Waals surface area contributed by atoms with Crippen molar-refractivity contribution in [2.24, 2.45) is 5.92 Å². The molecule has 158 valence electrons. The largest absolute Gasteiger partial charge is 0.356 e. The van der Waals surface area contributed by atoms with Crippen LogP contribution in [0.15, 0.2) is 48.5 Å². The van der Waals surface area contributed by atoms with Gasteiger partial charge in [0.2, 0.25) is 5.91 Å². The molecule has 0 aliphatic rings. The fourth-order valence-electron chi connectivity index (χ4n) is 3.63. The van der Waals surface area contributed by atoms with Crippen LogP contribution < -0.4 is 5.32 Å². The summed E-state index contributed by atoms with van der Waals surface area (Å²) < 4.78 is 1.98. The van der Waals surface area contributed by atoms with Crippen LogP contribution >= 0.6 is 11.6 Å². The van der Waals surface area contributed by atoms with E-state index in [0.29, 0.717) is 23.6 Å². The lowest BCUT2D eigenvalue weighted by atomic mass is 10.0. The fourth-order valence-corrected chi connectivity index (χ4v) is 3.75. The molecule has 0 aliphatic carbocycles. The topological polar surface area (TPSA) is 64.0 Å². The number of aryl methyl sites for hydroxylation is 1. The number of nitrogens with zero attached hydrogens (tertiary/aromatic N) is 2. The Morgan fingerprint density at radius 3 is 2.47 bits per heavy atom. The number of rotatable bonds is 10. The summed E-state index contributed by atoms with van der Waals surface area (Å²) in [5, 5.41) is 3.63. The highest BCUT2D eigenvalue weighted by atomic mass is 35.5. The summed E-state index contributed by atoms with van der Waals surface area (Å²) in [5.41, 5.74) is 2.44. The third-order valence-corrected chi connectivity index (χ3v) is 5.69. The summed E-state index contributed by atoms with van der Waals surface area (Å²) in [6, 6.07) is 14.8. The highest BCUT2D eigenvalue weighted by Gasteiger charge is 2.16. The lowest BCUT2D eigenvalue weighted by Gasteiger charge is -2.13. The van der Waals surface area contributed by atoms with Crippen molar-refractivity contribution >= 4 is 34.3 Å². The summed E-state index contributed by atoms with van der Waals surface area (Å²) in [7, 11) is 0. The molecule has 3 rings (SSSR count). The van der Waals surface area contributed by atoms with Gasteiger partial charge in [0.1, 0.15) is 5.82 Å². The van der Waals surface area contributed by atoms with Crippen molar-refractivity contribution in [3.05, 3.63) is 64.9 Å². The Morgan fingerprint density at radius 2 is 1.77 bits per heavy atom. The van der Waals surface area contributed by atoms with Gasteiger partial charge in [-0.05, 0) is 55.7 Å². The Kier molecular flexibility index (Phi) is 7.63. The van der Waals surface area contributed by atoms with E-state index in [2.05, 4.69) is 5.32 Å². The van der Waals surface area contributed by atoms with Crippen LogP contribution in [0.3, 0.4) is 0 Å². The van der Waals surface area contributed by atoms with Crippen molar-refractivity contribution in [3.63, 3.8) is 0 Å². The summed E-state index contributed by atoms with van der Waals surface area (Å²) in [6.07, 6.45) is 3.16. The van der Waals surface area contributed by atoms with Crippen molar-refractivity contribution in [1.82, 2.24) is 14.9 Å². The number of halogens is 1. The minimum atomic E-state index is 0.0121. The molecule has 0 atom stereocenters. The van der Waals surface area contributed by atoms with Crippen LogP contribution in [-0.4, -0.2) is 27.8 Å². The molecule has 0 radical (unpaired) electrons. The number of para-hydroxylation sites is 2. The molecule has 2 aromatic carbocycles. The van der Waals surface area contributed by atoms with E-state index in [4.69, 9.17) is 16.6 Å². The smallest absolute Gasteiger partial charge is 0.223 e. The molecule has 1 amide bonds. The first-order chi connectivity index (χ1) is 14.5. The van der Waals surface area contributed by atoms with Gasteiger partial charge in [-0.2, -0.15) is 0 Å². The molecule has 3 aromatic rings. The Morgan fingerprint density at radius 1 is 1.07 bits per heavy atom. The van der Waals surface area contributed by atoms with Crippen LogP contribution in [0.5, 0.6) is 0 Å². The second kappa shape index (κ2) is 10.4. The van der Waals surface area contributed by atoms with Gasteiger partial charge in [-0.1, -0.05) is 37.6 Å². The third-order valence-electron chi connectivity index (χ3n) is 5.43. The number of amides is 1. The van der Waals surface area contributed by atoms with Crippen LogP contribution in [-0.2, 0) is 17.8 Å². The predicted octanol–water partition coefficient (Wildman–Crippen LogP) is 5.06. The van der Waals surface area contributed by atoms with E-state index in [1.165, 1.54) is 0 Å². The Balaban J connectivity index is 1.71. The molecule has 0 bridgehead atoms. The first kappa shape index (κ1) is 22.0. The second-order valence-corrected chi connectivity index (χ2v) is 7.88. The summed E-state index contributed by atoms with van der Waals surface area (Å²) in [4.78, 5) is 29.7. The molecule has 0 aliphatic heterocycles. The van der Waals surface area contributed by atoms with E-state index in [-0.39, 0.29) is 24.2 Å². The van der Waals surface area contributed by atoms with E-state index in [1.54, 1.807) is 24.3 Å². The number of hydrogen-bond donors (Lipinski definition) is 1. The van der Waals surface area contributed by atoms with Crippen molar-refractivity contribution in [2.75, 3.05) is 6.54 Å². The maximum atomic E-state index is 12.8. The van der Waals surface area contributed by atoms with Crippen molar-refractivity contribution in [3.8, 4) is 0 Å². The van der Waals surface area contributed by atoms with Crippen molar-refractivity contribution < 1.29 is 9.59 Å². The monoisotopic (exact) mass is 425 g/mol. The number of benzene rings is 2. The summed E-state index contributed by atoms with van der Waals surface area (Å²) in [5.74, 6) is 1.06. The molecular formula is C24H28ClN3O2. The summed E-state index contributed by atoms with van der Waals surface area (Å²) >= 11 is 5.94. The zero-order chi connectivity index (χ0) is 21.5. The maximum Gasteiger partial charge on any atom is 0.223 e. The van der Waals surface area contributed by atoms with Gasteiger partial charge in [-0.15, -0.1) is 0 Å². The van der Waals surface area contributed by atoms with Crippen molar-refractivity contribution in [1.29, 1.82) is 0 Å². The molecule has 0 saturated carbocycles. The van der Waals surface area contributed by atoms with Gasteiger partial charge >= 0.3 is 0 Å². The molecule has 0 fully saturated rings. The van der Waals surface area contributed by atoms with Gasteiger partial charge in [0.25, 0.3) is 0 Å². The molecule has 0 unspecified atom stereocenters. The van der Waals surface area contributed by atoms with Crippen LogP contribution in [0.1, 0.15) is 49.3 Å². The van der Waals surface area contributed by atoms with E-state index in [1.807, 2.05) is 42.7 Å². The Labute approximate surface area is 182 Å². The number of carbonyl (C=O) groups excluding carboxylic acids is 2. The van der Waals surface area contributed by atoms with E-state index >= 15 is 0 Å². The number of Topliss-reactive ketones (excluding diaryl/α,β-unsaturated/α-hetero) is 1. The van der Waals surface area contributed by atoms with E-state index in [9.17, 15) is 9.59 Å². The SMILES string of the molecule is CCC(CC)C(=O)NCCCc1nc2ccccc2n1CC(=O)c1ccc(Cl)cc1. The zero-order valence-electron chi connectivity index (χ0n) is 17.5. The molecule has 1 heterocycles. The lowest BCUT2D eigenvalue weighted by Crippen LogP contribution is -2.31. The number of fused-ring (bicyclic) bond motifs is 1. The average Bonchev–Trinajstić information content (AvgIpc) is 3.10. The van der Waals surface area contributed by atoms with Gasteiger partial charge in [-0.25, -0.2) is 4.98 Å². The van der Waals surface area contributed by atoms with Crippen molar-refractivity contribution in [2.45, 2.75) is 46.1 Å². The van der Waals surface area contributed by atoms with Crippen LogP contribution in [0.25, 0.3) is 11.0 Å². The minimum Gasteiger partial charge on any atom is -0.356 e. The van der Waals surface area contributed by atoms with Gasteiger partial charge in [0.15, 0.2) is 5.78 Å². The molecule has 0 saturated heterocycles. The number of ketones is 1. The van der Waals surface area contributed by atoms with Gasteiger partial charge < -0.3 is 9.88 Å². The number of aromatic nitrogens is 2. The molecule has 5 nitrogen and oxygen atoms in total. The number of nitrogens with one attached hydrogen (secondary N) is 1. The Bertz CT molecular complexity index is 1010. The predicted molar refractivity (Wildman–Crippen MR) is 121 cm³/mol. The zero-order valence-corrected chi connectivity index (χ0v) is 18.3. The molecule has 0 spiro atoms. The van der Waals surface area contributed by atoms with E-state index in [0.717, 1.165) is 36.1 Å². The standard InChI is InChI=1S/C24H28ClN3O2/c1-3-17(4-2)24(30)26-15-7-10-23-27-20-8-5-6-9-21(20)28(23)16-22(29)18-11-13-19(25)14-12-18/h5-6,8-9,11-14,17H,3-4,7,10,15-16H2,1-2H3,(H,26,30). The van der Waals surface area contributed by atoms with Crippen LogP contribution in [0, 0.1) is 5.92 Å². The third kappa shape index (κ3) is 5.28. The van der Waals surface area contributed by atoms with Crippen LogP contribution in [0.2, 0.25) is 5.02 Å². The van der Waals surface area contributed by atoms with Gasteiger partial charge in [0, 0.05) is 29.5 Å². The highest BCUT2D eigenvalue weighted by Crippen LogP contribution is 2.19. The second-order valence-electron chi connectivity index (χ2n) is 7.44. The molecule has 1 aromatic heterocycles. The van der Waals surface area contributed by atoms with Gasteiger partial charge in [-0.3, -0.25) is 9.59 Å². The molecule has 30 heavy (non-hydrogen) atoms. The highest BCUT2D eigenvalue weighted by molar-refractivity contribution is 6.30. The Hall–Kier alpha value is -2.66. The first-order valence-corrected chi connectivity index (χ1v) is 10.9. The van der Waals surface area contributed by atoms with Crippen LogP contribution in [0.4, 0.5) is 0 Å². The molecule has 1 N–H and O–H groups in total. The normalized spacial score (nSPS) is 11.2. The first-order valence-electron chi connectivity index (χ1n) is 10.5. The number of hydrogen-bond acceptors (Lipinski definition) is 3. The number of carbonyl (C=O) groups is 2. The minimum absolute atomic E-state index is 0.0121. The lowest BCUT2D eigenvalue weighted by molar-refractivity contribution is -0.125. The number of imidazole rings is 1. The van der Waals surface area contributed by atoms with Gasteiger partial charge in [0.05, 0.1) is 17.6 Å². The van der Waals surface area contributed by atoms with E-state index < -0.39 is 0 Å². The average molecular weight is 426 g/mol. The summed E-state index contributed by atoms with van der Waals surface area (Å²) in [6.45, 7) is 4.89. The molecular weight excluding hydrogens is 398 g/mol.